The SMILES string of the molecule is CCC(C)NC(=O)c1ccc2c(=O)n(CC(C)C)c3nn(Cc4cccc(C(F)(F)F)c4)c(=O)n3c2c1. The molecule has 0 aliphatic rings. The lowest BCUT2D eigenvalue weighted by Crippen LogP contribution is -2.32. The number of benzene rings is 2. The van der Waals surface area contributed by atoms with Crippen LogP contribution < -0.4 is 16.6 Å². The van der Waals surface area contributed by atoms with E-state index in [1.807, 2.05) is 27.7 Å². The van der Waals surface area contributed by atoms with Crippen molar-refractivity contribution < 1.29 is 18.0 Å². The number of amides is 1. The lowest BCUT2D eigenvalue weighted by molar-refractivity contribution is -0.137. The molecule has 1 N–H and O–H groups in total. The van der Waals surface area contributed by atoms with Crippen LogP contribution in [0.1, 0.15) is 55.6 Å². The summed E-state index contributed by atoms with van der Waals surface area (Å²) in [6.07, 6.45) is -3.80. The molecule has 0 bridgehead atoms. The zero-order valence-electron chi connectivity index (χ0n) is 21.0. The molecule has 2 aromatic heterocycles. The van der Waals surface area contributed by atoms with E-state index in [2.05, 4.69) is 10.4 Å². The smallest absolute Gasteiger partial charge is 0.350 e. The maximum Gasteiger partial charge on any atom is 0.416 e. The Bertz CT molecular complexity index is 1600. The third-order valence-corrected chi connectivity index (χ3v) is 6.16. The minimum Gasteiger partial charge on any atom is -0.350 e. The van der Waals surface area contributed by atoms with Gasteiger partial charge in [-0.15, -0.1) is 5.10 Å². The molecular formula is C26H28F3N5O3. The first-order valence-electron chi connectivity index (χ1n) is 12.0. The first-order valence-corrected chi connectivity index (χ1v) is 12.0. The summed E-state index contributed by atoms with van der Waals surface area (Å²) in [5.74, 6) is -0.244. The standard InChI is InChI=1S/C26H28F3N5O3/c1-5-16(4)30-22(35)18-9-10-20-21(12-18)34-24(32(23(20)36)13-15(2)3)31-33(25(34)37)14-17-7-6-8-19(11-17)26(27,28)29/h6-12,15-16H,5,13-14H2,1-4H3,(H,30,35). The first-order chi connectivity index (χ1) is 17.4. The van der Waals surface area contributed by atoms with Crippen LogP contribution >= 0.6 is 0 Å². The number of nitrogens with one attached hydrogen (secondary N) is 1. The molecule has 4 aromatic rings. The molecule has 1 amide bonds. The van der Waals surface area contributed by atoms with Crippen LogP contribution in [0.2, 0.25) is 0 Å². The van der Waals surface area contributed by atoms with Crippen LogP contribution in [0.25, 0.3) is 16.7 Å². The Kier molecular flexibility index (Phi) is 6.98. The number of fused-ring (bicyclic) bond motifs is 3. The molecule has 2 aromatic carbocycles. The summed E-state index contributed by atoms with van der Waals surface area (Å²) in [7, 11) is 0. The van der Waals surface area contributed by atoms with Crippen molar-refractivity contribution in [2.75, 3.05) is 0 Å². The Morgan fingerprint density at radius 3 is 2.46 bits per heavy atom. The first kappa shape index (κ1) is 26.2. The van der Waals surface area contributed by atoms with Crippen molar-refractivity contribution in [2.24, 2.45) is 5.92 Å². The zero-order chi connectivity index (χ0) is 27.1. The third kappa shape index (κ3) is 5.16. The van der Waals surface area contributed by atoms with Crippen molar-refractivity contribution in [3.8, 4) is 0 Å². The molecule has 0 aliphatic carbocycles. The van der Waals surface area contributed by atoms with Crippen LogP contribution in [0.5, 0.6) is 0 Å². The molecule has 0 saturated heterocycles. The summed E-state index contributed by atoms with van der Waals surface area (Å²) in [4.78, 5) is 39.6. The van der Waals surface area contributed by atoms with Crippen LogP contribution in [0.3, 0.4) is 0 Å². The van der Waals surface area contributed by atoms with E-state index in [-0.39, 0.29) is 64.3 Å². The highest BCUT2D eigenvalue weighted by atomic mass is 19.4. The van der Waals surface area contributed by atoms with Crippen molar-refractivity contribution in [1.82, 2.24) is 24.1 Å². The second kappa shape index (κ2) is 9.87. The van der Waals surface area contributed by atoms with Gasteiger partial charge in [-0.1, -0.05) is 32.9 Å². The molecule has 0 aliphatic heterocycles. The number of rotatable bonds is 7. The molecule has 8 nitrogen and oxygen atoms in total. The van der Waals surface area contributed by atoms with E-state index in [0.717, 1.165) is 23.2 Å². The summed E-state index contributed by atoms with van der Waals surface area (Å²) < 4.78 is 43.2. The Morgan fingerprint density at radius 2 is 1.81 bits per heavy atom. The van der Waals surface area contributed by atoms with E-state index < -0.39 is 17.4 Å². The number of alkyl halides is 3. The minimum atomic E-state index is -4.53. The molecule has 2 heterocycles. The van der Waals surface area contributed by atoms with Gasteiger partial charge >= 0.3 is 11.9 Å². The summed E-state index contributed by atoms with van der Waals surface area (Å²) in [6.45, 7) is 7.67. The van der Waals surface area contributed by atoms with E-state index in [4.69, 9.17) is 0 Å². The van der Waals surface area contributed by atoms with E-state index in [1.54, 1.807) is 0 Å². The number of nitrogens with zero attached hydrogens (tertiary/aromatic N) is 4. The molecule has 4 rings (SSSR count). The van der Waals surface area contributed by atoms with Gasteiger partial charge in [0.15, 0.2) is 0 Å². The average molecular weight is 516 g/mol. The topological polar surface area (TPSA) is 90.4 Å². The van der Waals surface area contributed by atoms with Gasteiger partial charge in [-0.3, -0.25) is 14.2 Å². The van der Waals surface area contributed by atoms with Crippen molar-refractivity contribution >= 4 is 22.6 Å². The molecule has 37 heavy (non-hydrogen) atoms. The molecule has 0 spiro atoms. The monoisotopic (exact) mass is 515 g/mol. The van der Waals surface area contributed by atoms with Gasteiger partial charge in [-0.25, -0.2) is 13.9 Å². The molecule has 0 saturated carbocycles. The molecular weight excluding hydrogens is 487 g/mol. The van der Waals surface area contributed by atoms with E-state index in [9.17, 15) is 27.6 Å². The number of halogens is 3. The molecule has 196 valence electrons. The zero-order valence-corrected chi connectivity index (χ0v) is 21.0. The fourth-order valence-electron chi connectivity index (χ4n) is 4.12. The summed E-state index contributed by atoms with van der Waals surface area (Å²) in [5, 5.41) is 7.44. The van der Waals surface area contributed by atoms with E-state index >= 15 is 0 Å². The summed E-state index contributed by atoms with van der Waals surface area (Å²) in [5.41, 5.74) is -1.13. The highest BCUT2D eigenvalue weighted by Crippen LogP contribution is 2.29. The lowest BCUT2D eigenvalue weighted by atomic mass is 10.1. The van der Waals surface area contributed by atoms with Gasteiger partial charge in [-0.05, 0) is 55.2 Å². The highest BCUT2D eigenvalue weighted by Gasteiger charge is 2.30. The van der Waals surface area contributed by atoms with Crippen molar-refractivity contribution in [1.29, 1.82) is 0 Å². The van der Waals surface area contributed by atoms with Gasteiger partial charge in [0.2, 0.25) is 5.78 Å². The summed E-state index contributed by atoms with van der Waals surface area (Å²) in [6, 6.07) is 9.11. The van der Waals surface area contributed by atoms with Gasteiger partial charge < -0.3 is 5.32 Å². The second-order valence-corrected chi connectivity index (χ2v) is 9.60. The van der Waals surface area contributed by atoms with Gasteiger partial charge in [0.1, 0.15) is 0 Å². The fraction of sp³-hybridized carbons (Fsp3) is 0.385. The maximum absolute atomic E-state index is 13.5. The van der Waals surface area contributed by atoms with Crippen LogP contribution in [0.15, 0.2) is 52.1 Å². The van der Waals surface area contributed by atoms with Crippen molar-refractivity contribution in [2.45, 2.75) is 59.4 Å². The molecule has 0 radical (unpaired) electrons. The normalized spacial score (nSPS) is 13.0. The summed E-state index contributed by atoms with van der Waals surface area (Å²) >= 11 is 0. The van der Waals surface area contributed by atoms with Crippen molar-refractivity contribution in [3.05, 3.63) is 80.0 Å². The van der Waals surface area contributed by atoms with Gasteiger partial charge in [0.25, 0.3) is 11.5 Å². The molecule has 1 unspecified atom stereocenters. The number of hydrogen-bond acceptors (Lipinski definition) is 4. The van der Waals surface area contributed by atoms with Gasteiger partial charge in [-0.2, -0.15) is 13.2 Å². The Morgan fingerprint density at radius 1 is 1.08 bits per heavy atom. The second-order valence-electron chi connectivity index (χ2n) is 9.60. The number of hydrogen-bond donors (Lipinski definition) is 1. The van der Waals surface area contributed by atoms with Crippen LogP contribution in [-0.4, -0.2) is 30.7 Å². The van der Waals surface area contributed by atoms with E-state index in [1.165, 1.54) is 39.3 Å². The van der Waals surface area contributed by atoms with Crippen LogP contribution in [0, 0.1) is 5.92 Å². The van der Waals surface area contributed by atoms with Crippen LogP contribution in [-0.2, 0) is 19.3 Å². The molecule has 0 fully saturated rings. The predicted octanol–water partition coefficient (Wildman–Crippen LogP) is 4.06. The fourth-order valence-corrected chi connectivity index (χ4v) is 4.12. The minimum absolute atomic E-state index is 0.0447. The molecule has 1 atom stereocenters. The lowest BCUT2D eigenvalue weighted by Gasteiger charge is -2.14. The highest BCUT2D eigenvalue weighted by molar-refractivity contribution is 5.98. The third-order valence-electron chi connectivity index (χ3n) is 6.16. The van der Waals surface area contributed by atoms with Crippen molar-refractivity contribution in [3.63, 3.8) is 0 Å². The number of carbonyl (C=O) groups excluding carboxylic acids is 1. The Balaban J connectivity index is 1.93. The number of carbonyl (C=O) groups is 1. The Labute approximate surface area is 210 Å². The van der Waals surface area contributed by atoms with Gasteiger partial charge in [0.05, 0.1) is 23.0 Å². The maximum atomic E-state index is 13.5. The number of aromatic nitrogens is 4. The van der Waals surface area contributed by atoms with E-state index in [0.29, 0.717) is 0 Å². The predicted molar refractivity (Wildman–Crippen MR) is 134 cm³/mol. The largest absolute Gasteiger partial charge is 0.416 e. The Hall–Kier alpha value is -3.89. The van der Waals surface area contributed by atoms with Crippen LogP contribution in [0.4, 0.5) is 13.2 Å². The van der Waals surface area contributed by atoms with Gasteiger partial charge in [0, 0.05) is 18.2 Å². The average Bonchev–Trinajstić information content (AvgIpc) is 3.16. The molecule has 11 heteroatoms. The quantitative estimate of drug-likeness (QED) is 0.402.